The fraction of sp³-hybridized carbons (Fsp3) is 0.182. The maximum atomic E-state index is 11.5. The van der Waals surface area contributed by atoms with Crippen LogP contribution in [0.2, 0.25) is 0 Å². The quantitative estimate of drug-likeness (QED) is 0.785. The van der Waals surface area contributed by atoms with Crippen LogP contribution in [0.3, 0.4) is 0 Å². The number of hydrogen-bond donors (Lipinski definition) is 2. The summed E-state index contributed by atoms with van der Waals surface area (Å²) < 4.78 is 1.56. The summed E-state index contributed by atoms with van der Waals surface area (Å²) in [4.78, 5) is 11.5. The molecular formula is C11H12N2O2S. The molecule has 0 spiro atoms. The minimum atomic E-state index is -0.0634. The number of rotatable bonds is 3. The fourth-order valence-electron chi connectivity index (χ4n) is 1.57. The van der Waals surface area contributed by atoms with Crippen LogP contribution in [0.25, 0.3) is 11.3 Å². The predicted molar refractivity (Wildman–Crippen MR) is 65.5 cm³/mol. The average molecular weight is 236 g/mol. The van der Waals surface area contributed by atoms with Gasteiger partial charge in [0.25, 0.3) is 0 Å². The van der Waals surface area contributed by atoms with Gasteiger partial charge in [0.2, 0.25) is 0 Å². The second kappa shape index (κ2) is 4.51. The van der Waals surface area contributed by atoms with Crippen molar-refractivity contribution in [1.29, 1.82) is 0 Å². The number of aliphatic hydroxyl groups is 1. The molecule has 0 unspecified atom stereocenters. The summed E-state index contributed by atoms with van der Waals surface area (Å²) in [6.07, 6.45) is 0. The Bertz CT molecular complexity index is 545. The van der Waals surface area contributed by atoms with Crippen LogP contribution >= 0.6 is 11.3 Å². The first-order valence-corrected chi connectivity index (χ1v) is 5.75. The third-order valence-corrected chi connectivity index (χ3v) is 3.05. The maximum Gasteiger partial charge on any atom is 0.307 e. The molecule has 1 aromatic carbocycles. The molecule has 0 bridgehead atoms. The van der Waals surface area contributed by atoms with E-state index < -0.39 is 0 Å². The zero-order valence-electron chi connectivity index (χ0n) is 8.59. The minimum Gasteiger partial charge on any atom is -0.399 e. The van der Waals surface area contributed by atoms with Crippen LogP contribution in [-0.2, 0) is 6.54 Å². The number of benzene rings is 1. The Morgan fingerprint density at radius 2 is 2.25 bits per heavy atom. The molecule has 4 nitrogen and oxygen atoms in total. The molecule has 0 fully saturated rings. The topological polar surface area (TPSA) is 68.2 Å². The van der Waals surface area contributed by atoms with Gasteiger partial charge in [0.15, 0.2) is 0 Å². The molecule has 1 heterocycles. The number of nitrogens with two attached hydrogens (primary N) is 1. The van der Waals surface area contributed by atoms with Crippen LogP contribution in [0.4, 0.5) is 5.69 Å². The summed E-state index contributed by atoms with van der Waals surface area (Å²) in [6, 6.07) is 7.35. The van der Waals surface area contributed by atoms with Crippen molar-refractivity contribution in [3.63, 3.8) is 0 Å². The molecule has 0 radical (unpaired) electrons. The van der Waals surface area contributed by atoms with Crippen molar-refractivity contribution in [2.75, 3.05) is 12.3 Å². The Labute approximate surface area is 96.6 Å². The summed E-state index contributed by atoms with van der Waals surface area (Å²) in [7, 11) is 0. The van der Waals surface area contributed by atoms with Crippen LogP contribution in [-0.4, -0.2) is 16.3 Å². The number of aromatic nitrogens is 1. The molecule has 0 aliphatic carbocycles. The molecule has 3 N–H and O–H groups in total. The Kier molecular flexibility index (Phi) is 3.07. The SMILES string of the molecule is Nc1cccc(-c2csc(=O)n2CCO)c1. The van der Waals surface area contributed by atoms with Gasteiger partial charge in [-0.2, -0.15) is 0 Å². The number of nitrogen functional groups attached to an aromatic ring is 1. The Balaban J connectivity index is 2.51. The van der Waals surface area contributed by atoms with Gasteiger partial charge in [-0.15, -0.1) is 0 Å². The molecule has 1 aromatic heterocycles. The van der Waals surface area contributed by atoms with Gasteiger partial charge in [-0.05, 0) is 12.1 Å². The van der Waals surface area contributed by atoms with Crippen molar-refractivity contribution >= 4 is 17.0 Å². The van der Waals surface area contributed by atoms with Gasteiger partial charge >= 0.3 is 4.87 Å². The van der Waals surface area contributed by atoms with E-state index in [1.54, 1.807) is 16.0 Å². The van der Waals surface area contributed by atoms with Crippen molar-refractivity contribution in [1.82, 2.24) is 4.57 Å². The molecule has 84 valence electrons. The van der Waals surface area contributed by atoms with Crippen molar-refractivity contribution in [2.45, 2.75) is 6.54 Å². The van der Waals surface area contributed by atoms with Crippen molar-refractivity contribution < 1.29 is 5.11 Å². The highest BCUT2D eigenvalue weighted by Crippen LogP contribution is 2.21. The largest absolute Gasteiger partial charge is 0.399 e. The first-order chi connectivity index (χ1) is 7.72. The normalized spacial score (nSPS) is 10.6. The van der Waals surface area contributed by atoms with Gasteiger partial charge in [-0.3, -0.25) is 9.36 Å². The van der Waals surface area contributed by atoms with Gasteiger partial charge in [0, 0.05) is 16.6 Å². The van der Waals surface area contributed by atoms with Gasteiger partial charge < -0.3 is 10.8 Å². The highest BCUT2D eigenvalue weighted by molar-refractivity contribution is 7.07. The van der Waals surface area contributed by atoms with Crippen LogP contribution in [0.1, 0.15) is 0 Å². The van der Waals surface area contributed by atoms with E-state index in [1.807, 2.05) is 18.2 Å². The molecule has 0 amide bonds. The number of nitrogens with zero attached hydrogens (tertiary/aromatic N) is 1. The van der Waals surface area contributed by atoms with Crippen LogP contribution < -0.4 is 10.6 Å². The van der Waals surface area contributed by atoms with Crippen molar-refractivity contribution in [3.05, 3.63) is 39.3 Å². The maximum absolute atomic E-state index is 11.5. The zero-order chi connectivity index (χ0) is 11.5. The Hall–Kier alpha value is -1.59. The van der Waals surface area contributed by atoms with E-state index in [-0.39, 0.29) is 11.5 Å². The van der Waals surface area contributed by atoms with Gasteiger partial charge in [0.05, 0.1) is 18.8 Å². The summed E-state index contributed by atoms with van der Waals surface area (Å²) in [5.74, 6) is 0. The van der Waals surface area contributed by atoms with Crippen LogP contribution in [0.5, 0.6) is 0 Å². The summed E-state index contributed by atoms with van der Waals surface area (Å²) in [5, 5.41) is 10.7. The van der Waals surface area contributed by atoms with E-state index >= 15 is 0 Å². The predicted octanol–water partition coefficient (Wildman–Crippen LogP) is 1.15. The molecule has 5 heteroatoms. The van der Waals surface area contributed by atoms with Gasteiger partial charge in [-0.1, -0.05) is 23.5 Å². The van der Waals surface area contributed by atoms with Crippen LogP contribution in [0, 0.1) is 0 Å². The number of anilines is 1. The van der Waals surface area contributed by atoms with E-state index in [0.29, 0.717) is 12.2 Å². The third-order valence-electron chi connectivity index (χ3n) is 2.29. The Morgan fingerprint density at radius 1 is 1.44 bits per heavy atom. The number of aliphatic hydroxyl groups excluding tert-OH is 1. The number of thiazole rings is 1. The first-order valence-electron chi connectivity index (χ1n) is 4.87. The lowest BCUT2D eigenvalue weighted by Gasteiger charge is -2.06. The monoisotopic (exact) mass is 236 g/mol. The summed E-state index contributed by atoms with van der Waals surface area (Å²) in [6.45, 7) is 0.262. The van der Waals surface area contributed by atoms with E-state index in [4.69, 9.17) is 10.8 Å². The van der Waals surface area contributed by atoms with E-state index in [0.717, 1.165) is 22.6 Å². The standard InChI is InChI=1S/C11H12N2O2S/c12-9-3-1-2-8(6-9)10-7-16-11(15)13(10)4-5-14/h1-3,6-7,14H,4-5,12H2. The molecule has 16 heavy (non-hydrogen) atoms. The van der Waals surface area contributed by atoms with Gasteiger partial charge in [0.1, 0.15) is 0 Å². The molecule has 2 aromatic rings. The third kappa shape index (κ3) is 2.00. The highest BCUT2D eigenvalue weighted by atomic mass is 32.1. The molecule has 0 atom stereocenters. The lowest BCUT2D eigenvalue weighted by Crippen LogP contribution is -2.16. The van der Waals surface area contributed by atoms with E-state index in [2.05, 4.69) is 0 Å². The first kappa shape index (κ1) is 10.9. The average Bonchev–Trinajstić information content (AvgIpc) is 2.61. The fourth-order valence-corrected chi connectivity index (χ4v) is 2.36. The molecule has 2 rings (SSSR count). The molecular weight excluding hydrogens is 224 g/mol. The minimum absolute atomic E-state index is 0.0496. The van der Waals surface area contributed by atoms with E-state index in [9.17, 15) is 4.79 Å². The summed E-state index contributed by atoms with van der Waals surface area (Å²) in [5.41, 5.74) is 8.05. The van der Waals surface area contributed by atoms with Crippen molar-refractivity contribution in [3.8, 4) is 11.3 Å². The number of hydrogen-bond acceptors (Lipinski definition) is 4. The van der Waals surface area contributed by atoms with Crippen molar-refractivity contribution in [2.24, 2.45) is 0 Å². The Morgan fingerprint density at radius 3 is 2.94 bits per heavy atom. The zero-order valence-corrected chi connectivity index (χ0v) is 9.41. The molecule has 0 saturated heterocycles. The van der Waals surface area contributed by atoms with Crippen LogP contribution in [0.15, 0.2) is 34.4 Å². The van der Waals surface area contributed by atoms with E-state index in [1.165, 1.54) is 0 Å². The second-order valence-corrected chi connectivity index (χ2v) is 4.21. The highest BCUT2D eigenvalue weighted by Gasteiger charge is 2.08. The smallest absolute Gasteiger partial charge is 0.307 e. The lowest BCUT2D eigenvalue weighted by molar-refractivity contribution is 0.276. The second-order valence-electron chi connectivity index (χ2n) is 3.39. The molecule has 0 saturated carbocycles. The molecule has 0 aliphatic heterocycles. The van der Waals surface area contributed by atoms with Gasteiger partial charge in [-0.25, -0.2) is 0 Å². The molecule has 0 aliphatic rings. The summed E-state index contributed by atoms with van der Waals surface area (Å²) >= 11 is 1.13. The lowest BCUT2D eigenvalue weighted by atomic mass is 10.1.